The second-order valence-electron chi connectivity index (χ2n) is 11.7. The van der Waals surface area contributed by atoms with Crippen LogP contribution in [0.3, 0.4) is 0 Å². The Labute approximate surface area is 240 Å². The maximum absolute atomic E-state index is 15.2. The van der Waals surface area contributed by atoms with Gasteiger partial charge in [0.25, 0.3) is 0 Å². The van der Waals surface area contributed by atoms with Crippen LogP contribution in [-0.4, -0.2) is 76.1 Å². The summed E-state index contributed by atoms with van der Waals surface area (Å²) >= 11 is 0. The minimum atomic E-state index is -4.30. The summed E-state index contributed by atoms with van der Waals surface area (Å²) in [5.41, 5.74) is -1.99. The number of carbonyl (C=O) groups excluding carboxylic acids is 2. The number of ether oxygens (including phenoxy) is 2. The number of rotatable bonds is 12. The SMILES string of the molecule is CC[Si](CC)(CC)O[C@@H](CN(CCO)C(=O)OC(C)(C)C)c1ccc(F)c(N(C(=O)OC(C)(C)C)S(C)(=O)=O)c1. The standard InChI is InChI=1S/C27H47FN2O8SSi/c1-11-40(12-2,13-3)38-23(19-29(16-17-31)24(32)36-26(4,5)6)20-14-15-21(28)22(18-20)30(39(10,34)35)25(33)37-27(7,8)9/h14-15,18,23,31H,11-13,16-17,19H2,1-10H3/t23-/m0/s1. The smallest absolute Gasteiger partial charge is 0.428 e. The molecule has 2 amide bonds. The van der Waals surface area contributed by atoms with Crippen LogP contribution in [0.1, 0.15) is 74.0 Å². The quantitative estimate of drug-likeness (QED) is 0.295. The van der Waals surface area contributed by atoms with Crippen molar-refractivity contribution >= 4 is 36.2 Å². The molecule has 0 saturated heterocycles. The highest BCUT2D eigenvalue weighted by molar-refractivity contribution is 7.92. The summed E-state index contributed by atoms with van der Waals surface area (Å²) in [6.45, 7) is 15.5. The molecule has 0 spiro atoms. The van der Waals surface area contributed by atoms with Crippen molar-refractivity contribution in [3.05, 3.63) is 29.6 Å². The minimum absolute atomic E-state index is 0.0465. The van der Waals surface area contributed by atoms with E-state index in [1.165, 1.54) is 17.0 Å². The fourth-order valence-corrected chi connectivity index (χ4v) is 7.64. The monoisotopic (exact) mass is 606 g/mol. The largest absolute Gasteiger partial charge is 0.444 e. The van der Waals surface area contributed by atoms with Gasteiger partial charge in [-0.25, -0.2) is 22.4 Å². The molecule has 1 N–H and O–H groups in total. The van der Waals surface area contributed by atoms with Crippen LogP contribution < -0.4 is 4.31 Å². The number of anilines is 1. The van der Waals surface area contributed by atoms with Gasteiger partial charge in [-0.05, 0) is 77.4 Å². The molecular weight excluding hydrogens is 559 g/mol. The van der Waals surface area contributed by atoms with Gasteiger partial charge < -0.3 is 23.9 Å². The van der Waals surface area contributed by atoms with Gasteiger partial charge in [0, 0.05) is 6.54 Å². The Hall–Kier alpha value is -2.22. The number of amides is 2. The summed E-state index contributed by atoms with van der Waals surface area (Å²) < 4.78 is 58.3. The zero-order chi connectivity index (χ0) is 31.1. The van der Waals surface area contributed by atoms with Crippen LogP contribution in [0, 0.1) is 5.82 Å². The van der Waals surface area contributed by atoms with Crippen LogP contribution in [-0.2, 0) is 23.9 Å². The summed E-state index contributed by atoms with van der Waals surface area (Å²) in [5.74, 6) is -0.955. The van der Waals surface area contributed by atoms with Crippen molar-refractivity contribution in [2.45, 2.75) is 97.8 Å². The number of aliphatic hydroxyl groups excluding tert-OH is 1. The Morgan fingerprint density at radius 2 is 1.48 bits per heavy atom. The molecule has 0 aliphatic carbocycles. The number of benzene rings is 1. The van der Waals surface area contributed by atoms with Gasteiger partial charge in [-0.3, -0.25) is 0 Å². The lowest BCUT2D eigenvalue weighted by molar-refractivity contribution is 0.0123. The highest BCUT2D eigenvalue weighted by Crippen LogP contribution is 2.34. The Bertz CT molecular complexity index is 1110. The third-order valence-corrected chi connectivity index (χ3v) is 11.8. The number of hydrogen-bond acceptors (Lipinski definition) is 8. The van der Waals surface area contributed by atoms with Gasteiger partial charge in [0.15, 0.2) is 8.32 Å². The molecule has 0 aliphatic rings. The van der Waals surface area contributed by atoms with Crippen molar-refractivity contribution in [1.82, 2.24) is 4.90 Å². The Morgan fingerprint density at radius 3 is 1.90 bits per heavy atom. The topological polar surface area (TPSA) is 123 Å². The lowest BCUT2D eigenvalue weighted by Crippen LogP contribution is -2.44. The second-order valence-corrected chi connectivity index (χ2v) is 18.3. The summed E-state index contributed by atoms with van der Waals surface area (Å²) in [5, 5.41) is 9.68. The lowest BCUT2D eigenvalue weighted by Gasteiger charge is -2.36. The average molecular weight is 607 g/mol. The molecule has 0 bridgehead atoms. The first-order valence-electron chi connectivity index (χ1n) is 13.5. The molecule has 0 heterocycles. The van der Waals surface area contributed by atoms with Crippen molar-refractivity contribution in [1.29, 1.82) is 0 Å². The number of nitrogens with zero attached hydrogens (tertiary/aromatic N) is 2. The summed E-state index contributed by atoms with van der Waals surface area (Å²) in [7, 11) is -6.64. The molecule has 0 aliphatic heterocycles. The zero-order valence-corrected chi connectivity index (χ0v) is 27.4. The van der Waals surface area contributed by atoms with E-state index in [0.717, 1.165) is 30.5 Å². The van der Waals surface area contributed by atoms with Gasteiger partial charge in [0.1, 0.15) is 17.0 Å². The first-order chi connectivity index (χ1) is 18.2. The van der Waals surface area contributed by atoms with Crippen molar-refractivity contribution in [2.75, 3.05) is 30.3 Å². The maximum atomic E-state index is 15.2. The van der Waals surface area contributed by atoms with E-state index < -0.39 is 59.3 Å². The van der Waals surface area contributed by atoms with E-state index in [0.29, 0.717) is 5.56 Å². The molecule has 0 fully saturated rings. The molecule has 1 aromatic rings. The summed E-state index contributed by atoms with van der Waals surface area (Å²) in [6, 6.07) is 6.03. The third-order valence-electron chi connectivity index (χ3n) is 6.18. The molecule has 1 aromatic carbocycles. The first-order valence-corrected chi connectivity index (χ1v) is 17.9. The van der Waals surface area contributed by atoms with Crippen molar-refractivity contribution in [2.24, 2.45) is 0 Å². The highest BCUT2D eigenvalue weighted by atomic mass is 32.2. The second kappa shape index (κ2) is 14.1. The number of aliphatic hydroxyl groups is 1. The van der Waals surface area contributed by atoms with E-state index in [9.17, 15) is 23.1 Å². The Balaban J connectivity index is 3.75. The molecule has 230 valence electrons. The fourth-order valence-electron chi connectivity index (χ4n) is 4.02. The van der Waals surface area contributed by atoms with E-state index >= 15 is 4.39 Å². The molecule has 0 aromatic heterocycles. The Morgan fingerprint density at radius 1 is 0.975 bits per heavy atom. The van der Waals surface area contributed by atoms with Gasteiger partial charge in [-0.1, -0.05) is 26.8 Å². The number of hydrogen-bond donors (Lipinski definition) is 1. The highest BCUT2D eigenvalue weighted by Gasteiger charge is 2.37. The molecule has 10 nitrogen and oxygen atoms in total. The predicted molar refractivity (Wildman–Crippen MR) is 156 cm³/mol. The predicted octanol–water partition coefficient (Wildman–Crippen LogP) is 5.82. The van der Waals surface area contributed by atoms with Gasteiger partial charge in [-0.15, -0.1) is 0 Å². The van der Waals surface area contributed by atoms with E-state index in [1.807, 2.05) is 20.8 Å². The molecule has 0 unspecified atom stereocenters. The Kier molecular flexibility index (Phi) is 12.6. The van der Waals surface area contributed by atoms with Crippen LogP contribution in [0.2, 0.25) is 18.1 Å². The first kappa shape index (κ1) is 35.8. The van der Waals surface area contributed by atoms with Crippen LogP contribution in [0.4, 0.5) is 19.7 Å². The van der Waals surface area contributed by atoms with Crippen LogP contribution >= 0.6 is 0 Å². The van der Waals surface area contributed by atoms with Crippen molar-refractivity contribution in [3.63, 3.8) is 0 Å². The molecule has 0 radical (unpaired) electrons. The molecule has 40 heavy (non-hydrogen) atoms. The maximum Gasteiger partial charge on any atom is 0.428 e. The van der Waals surface area contributed by atoms with Gasteiger partial charge in [-0.2, -0.15) is 4.31 Å². The van der Waals surface area contributed by atoms with Crippen molar-refractivity contribution < 1.29 is 41.4 Å². The van der Waals surface area contributed by atoms with Crippen LogP contribution in [0.15, 0.2) is 18.2 Å². The summed E-state index contributed by atoms with van der Waals surface area (Å²) in [4.78, 5) is 27.2. The van der Waals surface area contributed by atoms with Crippen molar-refractivity contribution in [3.8, 4) is 0 Å². The van der Waals surface area contributed by atoms with Crippen LogP contribution in [0.5, 0.6) is 0 Å². The van der Waals surface area contributed by atoms with E-state index in [1.54, 1.807) is 41.5 Å². The van der Waals surface area contributed by atoms with E-state index in [4.69, 9.17) is 13.9 Å². The van der Waals surface area contributed by atoms with E-state index in [2.05, 4.69) is 0 Å². The molecule has 1 rings (SSSR count). The fraction of sp³-hybridized carbons (Fsp3) is 0.704. The number of carbonyl (C=O) groups is 2. The van der Waals surface area contributed by atoms with E-state index in [-0.39, 0.29) is 24.0 Å². The number of sulfonamides is 1. The average Bonchev–Trinajstić information content (AvgIpc) is 2.79. The lowest BCUT2D eigenvalue weighted by atomic mass is 10.1. The van der Waals surface area contributed by atoms with Gasteiger partial charge in [0.05, 0.1) is 31.2 Å². The normalized spacial score (nSPS) is 13.5. The molecular formula is C27H47FN2O8SSi. The molecule has 1 atom stereocenters. The number of halogens is 1. The molecule has 0 saturated carbocycles. The van der Waals surface area contributed by atoms with Crippen LogP contribution in [0.25, 0.3) is 0 Å². The van der Waals surface area contributed by atoms with Gasteiger partial charge >= 0.3 is 12.2 Å². The minimum Gasteiger partial charge on any atom is -0.444 e. The summed E-state index contributed by atoms with van der Waals surface area (Å²) in [6.07, 6.45) is -1.96. The van der Waals surface area contributed by atoms with Gasteiger partial charge in [0.2, 0.25) is 10.0 Å². The zero-order valence-electron chi connectivity index (χ0n) is 25.5. The molecule has 13 heteroatoms. The third kappa shape index (κ3) is 10.6.